The highest BCUT2D eigenvalue weighted by atomic mass is 16.6. The zero-order valence-electron chi connectivity index (χ0n) is 12.4. The Labute approximate surface area is 111 Å². The van der Waals surface area contributed by atoms with Crippen molar-refractivity contribution >= 4 is 6.09 Å². The second-order valence-corrected chi connectivity index (χ2v) is 5.27. The largest absolute Gasteiger partial charge is 0.444 e. The highest BCUT2D eigenvalue weighted by Gasteiger charge is 2.21. The van der Waals surface area contributed by atoms with E-state index in [1.54, 1.807) is 12.0 Å². The molecule has 0 aromatic carbocycles. The van der Waals surface area contributed by atoms with Crippen molar-refractivity contribution in [1.29, 1.82) is 0 Å². The van der Waals surface area contributed by atoms with Gasteiger partial charge in [-0.3, -0.25) is 0 Å². The average molecular weight is 260 g/mol. The van der Waals surface area contributed by atoms with Crippen molar-refractivity contribution in [3.63, 3.8) is 0 Å². The van der Waals surface area contributed by atoms with Gasteiger partial charge in [-0.25, -0.2) is 4.79 Å². The van der Waals surface area contributed by atoms with Gasteiger partial charge in [0.2, 0.25) is 0 Å². The summed E-state index contributed by atoms with van der Waals surface area (Å²) in [5, 5.41) is 3.07. The molecule has 18 heavy (non-hydrogen) atoms. The van der Waals surface area contributed by atoms with Gasteiger partial charge in [0.1, 0.15) is 5.60 Å². The van der Waals surface area contributed by atoms with Gasteiger partial charge in [-0.05, 0) is 47.2 Å². The van der Waals surface area contributed by atoms with Crippen molar-refractivity contribution in [1.82, 2.24) is 10.2 Å². The molecular weight excluding hydrogens is 232 g/mol. The van der Waals surface area contributed by atoms with Gasteiger partial charge in [-0.1, -0.05) is 0 Å². The summed E-state index contributed by atoms with van der Waals surface area (Å²) in [6.07, 6.45) is 1.51. The molecule has 5 heteroatoms. The fourth-order valence-electron chi connectivity index (χ4n) is 1.47. The lowest BCUT2D eigenvalue weighted by atomic mass is 10.2. The maximum atomic E-state index is 12.0. The molecule has 0 unspecified atom stereocenters. The van der Waals surface area contributed by atoms with E-state index >= 15 is 0 Å². The molecule has 0 saturated heterocycles. The fourth-order valence-corrected chi connectivity index (χ4v) is 1.47. The van der Waals surface area contributed by atoms with Crippen LogP contribution in [0.1, 0.15) is 33.6 Å². The van der Waals surface area contributed by atoms with E-state index in [2.05, 4.69) is 5.32 Å². The van der Waals surface area contributed by atoms with Gasteiger partial charge in [0, 0.05) is 26.8 Å². The van der Waals surface area contributed by atoms with Crippen LogP contribution in [0.25, 0.3) is 0 Å². The normalized spacial score (nSPS) is 11.4. The summed E-state index contributed by atoms with van der Waals surface area (Å²) in [5.41, 5.74) is -0.445. The summed E-state index contributed by atoms with van der Waals surface area (Å²) >= 11 is 0. The predicted octanol–water partition coefficient (Wildman–Crippen LogP) is 1.87. The standard InChI is InChI=1S/C13H28N2O3/c1-13(2,3)18-12(16)15(9-6-8-14-4)10-7-11-17-5/h14H,6-11H2,1-5H3. The number of rotatable bonds is 8. The van der Waals surface area contributed by atoms with E-state index in [1.165, 1.54) is 0 Å². The van der Waals surface area contributed by atoms with E-state index in [-0.39, 0.29) is 6.09 Å². The Morgan fingerprint density at radius 2 is 1.83 bits per heavy atom. The molecule has 0 rings (SSSR count). The molecule has 1 N–H and O–H groups in total. The number of amides is 1. The minimum Gasteiger partial charge on any atom is -0.444 e. The van der Waals surface area contributed by atoms with Crippen LogP contribution in [0.5, 0.6) is 0 Å². The second-order valence-electron chi connectivity index (χ2n) is 5.27. The van der Waals surface area contributed by atoms with Crippen LogP contribution in [0, 0.1) is 0 Å². The molecule has 0 aromatic rings. The van der Waals surface area contributed by atoms with Crippen LogP contribution in [-0.4, -0.2) is 57.0 Å². The Morgan fingerprint density at radius 3 is 2.33 bits per heavy atom. The third kappa shape index (κ3) is 9.24. The molecule has 0 aromatic heterocycles. The van der Waals surface area contributed by atoms with E-state index in [0.717, 1.165) is 19.4 Å². The predicted molar refractivity (Wildman–Crippen MR) is 72.8 cm³/mol. The molecular formula is C13H28N2O3. The van der Waals surface area contributed by atoms with E-state index in [4.69, 9.17) is 9.47 Å². The van der Waals surface area contributed by atoms with Crippen LogP contribution in [0.4, 0.5) is 4.79 Å². The first-order chi connectivity index (χ1) is 8.40. The summed E-state index contributed by atoms with van der Waals surface area (Å²) in [6, 6.07) is 0. The average Bonchev–Trinajstić information content (AvgIpc) is 2.25. The van der Waals surface area contributed by atoms with E-state index in [0.29, 0.717) is 19.7 Å². The number of carbonyl (C=O) groups excluding carboxylic acids is 1. The Hall–Kier alpha value is -0.810. The van der Waals surface area contributed by atoms with Crippen LogP contribution in [-0.2, 0) is 9.47 Å². The van der Waals surface area contributed by atoms with Crippen molar-refractivity contribution in [3.8, 4) is 0 Å². The smallest absolute Gasteiger partial charge is 0.410 e. The van der Waals surface area contributed by atoms with E-state index < -0.39 is 5.60 Å². The third-order valence-corrected chi connectivity index (χ3v) is 2.28. The minimum atomic E-state index is -0.445. The summed E-state index contributed by atoms with van der Waals surface area (Å²) in [6.45, 7) is 8.57. The maximum absolute atomic E-state index is 12.0. The third-order valence-electron chi connectivity index (χ3n) is 2.28. The summed E-state index contributed by atoms with van der Waals surface area (Å²) < 4.78 is 10.4. The monoisotopic (exact) mass is 260 g/mol. The lowest BCUT2D eigenvalue weighted by Crippen LogP contribution is -2.39. The van der Waals surface area contributed by atoms with Crippen molar-refractivity contribution in [2.75, 3.05) is 40.4 Å². The quantitative estimate of drug-likeness (QED) is 0.677. The molecule has 0 spiro atoms. The number of nitrogens with zero attached hydrogens (tertiary/aromatic N) is 1. The zero-order valence-corrected chi connectivity index (χ0v) is 12.4. The van der Waals surface area contributed by atoms with Gasteiger partial charge in [0.05, 0.1) is 0 Å². The first-order valence-electron chi connectivity index (χ1n) is 6.52. The molecule has 0 heterocycles. The molecule has 0 radical (unpaired) electrons. The number of carbonyl (C=O) groups is 1. The Balaban J connectivity index is 4.20. The van der Waals surface area contributed by atoms with Crippen LogP contribution in [0.2, 0.25) is 0 Å². The van der Waals surface area contributed by atoms with Crippen LogP contribution < -0.4 is 5.32 Å². The Bertz CT molecular complexity index is 217. The zero-order chi connectivity index (χ0) is 14.0. The molecule has 0 aliphatic heterocycles. The van der Waals surface area contributed by atoms with E-state index in [9.17, 15) is 4.79 Å². The number of ether oxygens (including phenoxy) is 2. The minimum absolute atomic E-state index is 0.241. The van der Waals surface area contributed by atoms with Gasteiger partial charge < -0.3 is 19.7 Å². The topological polar surface area (TPSA) is 50.8 Å². The molecule has 0 saturated carbocycles. The molecule has 1 amide bonds. The van der Waals surface area contributed by atoms with Crippen molar-refractivity contribution in [2.24, 2.45) is 0 Å². The van der Waals surface area contributed by atoms with Gasteiger partial charge in [0.15, 0.2) is 0 Å². The Kier molecular flexibility index (Phi) is 8.75. The number of methoxy groups -OCH3 is 1. The van der Waals surface area contributed by atoms with Crippen molar-refractivity contribution in [3.05, 3.63) is 0 Å². The molecule has 0 fully saturated rings. The molecule has 108 valence electrons. The molecule has 0 aliphatic carbocycles. The highest BCUT2D eigenvalue weighted by molar-refractivity contribution is 5.68. The van der Waals surface area contributed by atoms with Gasteiger partial charge in [0.25, 0.3) is 0 Å². The van der Waals surface area contributed by atoms with E-state index in [1.807, 2.05) is 27.8 Å². The number of hydrogen-bond donors (Lipinski definition) is 1. The number of hydrogen-bond acceptors (Lipinski definition) is 4. The van der Waals surface area contributed by atoms with Gasteiger partial charge in [-0.15, -0.1) is 0 Å². The second kappa shape index (κ2) is 9.16. The lowest BCUT2D eigenvalue weighted by molar-refractivity contribution is 0.0234. The van der Waals surface area contributed by atoms with Crippen LogP contribution >= 0.6 is 0 Å². The van der Waals surface area contributed by atoms with Gasteiger partial charge >= 0.3 is 6.09 Å². The molecule has 0 aliphatic rings. The first-order valence-corrected chi connectivity index (χ1v) is 6.52. The SMILES string of the molecule is CNCCCN(CCCOC)C(=O)OC(C)(C)C. The summed E-state index contributed by atoms with van der Waals surface area (Å²) in [7, 11) is 3.57. The molecule has 5 nitrogen and oxygen atoms in total. The molecule has 0 bridgehead atoms. The highest BCUT2D eigenvalue weighted by Crippen LogP contribution is 2.10. The lowest BCUT2D eigenvalue weighted by Gasteiger charge is -2.27. The van der Waals surface area contributed by atoms with Crippen molar-refractivity contribution < 1.29 is 14.3 Å². The van der Waals surface area contributed by atoms with Crippen LogP contribution in [0.3, 0.4) is 0 Å². The van der Waals surface area contributed by atoms with Crippen molar-refractivity contribution in [2.45, 2.75) is 39.2 Å². The summed E-state index contributed by atoms with van der Waals surface area (Å²) in [5.74, 6) is 0. The maximum Gasteiger partial charge on any atom is 0.410 e. The van der Waals surface area contributed by atoms with Crippen LogP contribution in [0.15, 0.2) is 0 Å². The first kappa shape index (κ1) is 17.2. The Morgan fingerprint density at radius 1 is 1.22 bits per heavy atom. The van der Waals surface area contributed by atoms with Gasteiger partial charge in [-0.2, -0.15) is 0 Å². The summed E-state index contributed by atoms with van der Waals surface area (Å²) in [4.78, 5) is 13.7. The molecule has 0 atom stereocenters. The number of nitrogens with one attached hydrogen (secondary N) is 1. The fraction of sp³-hybridized carbons (Fsp3) is 0.923.